The molecule has 0 amide bonds. The fraction of sp³-hybridized carbons (Fsp3) is 0.647. The Bertz CT molecular complexity index is 454. The van der Waals surface area contributed by atoms with Crippen molar-refractivity contribution in [3.8, 4) is 0 Å². The van der Waals surface area contributed by atoms with Gasteiger partial charge in [-0.1, -0.05) is 23.7 Å². The summed E-state index contributed by atoms with van der Waals surface area (Å²) in [4.78, 5) is 6.24. The molecule has 0 spiro atoms. The van der Waals surface area contributed by atoms with Crippen molar-refractivity contribution in [1.82, 2.24) is 5.06 Å². The lowest BCUT2D eigenvalue weighted by Crippen LogP contribution is -2.58. The smallest absolute Gasteiger partial charge is 0.127 e. The largest absolute Gasteiger partial charge is 0.393 e. The SMILES string of the molecule is CC1(C)CCCC(C)(C)N1OC(CO)c1ccc(Cl)cc1. The van der Waals surface area contributed by atoms with Crippen molar-refractivity contribution >= 4 is 11.6 Å². The molecule has 1 fully saturated rings. The molecule has 118 valence electrons. The Morgan fingerprint density at radius 2 is 1.67 bits per heavy atom. The maximum atomic E-state index is 9.74. The minimum Gasteiger partial charge on any atom is -0.393 e. The van der Waals surface area contributed by atoms with Crippen LogP contribution < -0.4 is 0 Å². The number of hydroxylamine groups is 2. The number of hydrogen-bond donors (Lipinski definition) is 1. The highest BCUT2D eigenvalue weighted by molar-refractivity contribution is 6.30. The monoisotopic (exact) mass is 311 g/mol. The fourth-order valence-corrected chi connectivity index (χ4v) is 3.39. The summed E-state index contributed by atoms with van der Waals surface area (Å²) in [6.45, 7) is 8.74. The average molecular weight is 312 g/mol. The number of hydrogen-bond acceptors (Lipinski definition) is 3. The Labute approximate surface area is 132 Å². The molecule has 1 N–H and O–H groups in total. The van der Waals surface area contributed by atoms with Crippen LogP contribution >= 0.6 is 11.6 Å². The van der Waals surface area contributed by atoms with Crippen LogP contribution in [0.1, 0.15) is 58.6 Å². The molecule has 0 saturated carbocycles. The van der Waals surface area contributed by atoms with Crippen molar-refractivity contribution in [1.29, 1.82) is 0 Å². The molecule has 4 heteroatoms. The summed E-state index contributed by atoms with van der Waals surface area (Å²) >= 11 is 5.93. The van der Waals surface area contributed by atoms with Crippen LogP contribution in [0.25, 0.3) is 0 Å². The van der Waals surface area contributed by atoms with E-state index < -0.39 is 0 Å². The predicted molar refractivity (Wildman–Crippen MR) is 86.2 cm³/mol. The quantitative estimate of drug-likeness (QED) is 0.897. The minimum absolute atomic E-state index is 0.0401. The van der Waals surface area contributed by atoms with E-state index in [1.54, 1.807) is 0 Å². The molecule has 1 saturated heterocycles. The van der Waals surface area contributed by atoms with E-state index in [1.165, 1.54) is 6.42 Å². The van der Waals surface area contributed by atoms with Gasteiger partial charge in [0.25, 0.3) is 0 Å². The van der Waals surface area contributed by atoms with Gasteiger partial charge in [0, 0.05) is 16.1 Å². The van der Waals surface area contributed by atoms with Crippen molar-refractivity contribution < 1.29 is 9.94 Å². The van der Waals surface area contributed by atoms with Gasteiger partial charge in [-0.2, -0.15) is 5.06 Å². The molecule has 0 bridgehead atoms. The van der Waals surface area contributed by atoms with Crippen molar-refractivity contribution in [2.45, 2.75) is 64.1 Å². The van der Waals surface area contributed by atoms with E-state index in [4.69, 9.17) is 16.4 Å². The molecule has 1 unspecified atom stereocenters. The minimum atomic E-state index is -0.362. The van der Waals surface area contributed by atoms with Crippen molar-refractivity contribution in [2.24, 2.45) is 0 Å². The molecule has 1 aromatic rings. The van der Waals surface area contributed by atoms with Crippen LogP contribution in [0.2, 0.25) is 5.02 Å². The number of rotatable bonds is 4. The lowest BCUT2D eigenvalue weighted by atomic mass is 9.82. The molecule has 1 heterocycles. The summed E-state index contributed by atoms with van der Waals surface area (Å²) in [5, 5.41) is 12.5. The van der Waals surface area contributed by atoms with Gasteiger partial charge in [0.15, 0.2) is 0 Å². The maximum Gasteiger partial charge on any atom is 0.127 e. The highest BCUT2D eigenvalue weighted by Gasteiger charge is 2.43. The normalized spacial score (nSPS) is 23.0. The fourth-order valence-electron chi connectivity index (χ4n) is 3.27. The van der Waals surface area contributed by atoms with Crippen LogP contribution in [-0.4, -0.2) is 27.9 Å². The molecular weight excluding hydrogens is 286 g/mol. The summed E-state index contributed by atoms with van der Waals surface area (Å²) in [7, 11) is 0. The van der Waals surface area contributed by atoms with Crippen molar-refractivity contribution in [3.63, 3.8) is 0 Å². The zero-order valence-corrected chi connectivity index (χ0v) is 14.2. The second-order valence-electron chi connectivity index (χ2n) is 7.10. The van der Waals surface area contributed by atoms with Gasteiger partial charge in [-0.25, -0.2) is 0 Å². The van der Waals surface area contributed by atoms with Gasteiger partial charge in [0.1, 0.15) is 6.10 Å². The van der Waals surface area contributed by atoms with Gasteiger partial charge in [-0.3, -0.25) is 4.84 Å². The highest BCUT2D eigenvalue weighted by Crippen LogP contribution is 2.40. The molecule has 21 heavy (non-hydrogen) atoms. The standard InChI is InChI=1S/C17H26ClNO2/c1-16(2)10-5-11-17(3,4)19(16)21-15(12-20)13-6-8-14(18)9-7-13/h6-9,15,20H,5,10-12H2,1-4H3. The lowest BCUT2D eigenvalue weighted by molar-refractivity contribution is -0.311. The molecule has 1 aliphatic heterocycles. The topological polar surface area (TPSA) is 32.7 Å². The van der Waals surface area contributed by atoms with Crippen LogP contribution in [0.15, 0.2) is 24.3 Å². The number of aliphatic hydroxyl groups excluding tert-OH is 1. The van der Waals surface area contributed by atoms with Gasteiger partial charge in [-0.15, -0.1) is 0 Å². The molecule has 0 aromatic heterocycles. The number of piperidine rings is 1. The first-order chi connectivity index (χ1) is 9.76. The van der Waals surface area contributed by atoms with E-state index in [2.05, 4.69) is 32.8 Å². The first-order valence-corrected chi connectivity index (χ1v) is 7.97. The van der Waals surface area contributed by atoms with Crippen LogP contribution in [-0.2, 0) is 4.84 Å². The second-order valence-corrected chi connectivity index (χ2v) is 7.54. The number of nitrogens with zero attached hydrogens (tertiary/aromatic N) is 1. The summed E-state index contributed by atoms with van der Waals surface area (Å²) < 4.78 is 0. The zero-order valence-electron chi connectivity index (χ0n) is 13.4. The van der Waals surface area contributed by atoms with E-state index in [1.807, 2.05) is 24.3 Å². The third-order valence-corrected chi connectivity index (χ3v) is 4.57. The van der Waals surface area contributed by atoms with Crippen LogP contribution in [0.3, 0.4) is 0 Å². The zero-order chi connectivity index (χ0) is 15.7. The molecule has 3 nitrogen and oxygen atoms in total. The molecule has 1 atom stereocenters. The average Bonchev–Trinajstić information content (AvgIpc) is 2.39. The maximum absolute atomic E-state index is 9.74. The summed E-state index contributed by atoms with van der Waals surface area (Å²) in [6.07, 6.45) is 3.02. The molecule has 1 aliphatic rings. The van der Waals surface area contributed by atoms with E-state index >= 15 is 0 Å². The Hall–Kier alpha value is -0.610. The van der Waals surface area contributed by atoms with Crippen molar-refractivity contribution in [2.75, 3.05) is 6.61 Å². The van der Waals surface area contributed by atoms with Gasteiger partial charge in [0.2, 0.25) is 0 Å². The lowest BCUT2D eigenvalue weighted by Gasteiger charge is -2.52. The first kappa shape index (κ1) is 16.8. The Balaban J connectivity index is 2.21. The third-order valence-electron chi connectivity index (χ3n) is 4.32. The van der Waals surface area contributed by atoms with E-state index in [0.717, 1.165) is 18.4 Å². The molecule has 2 rings (SSSR count). The molecule has 1 aromatic carbocycles. The molecule has 0 aliphatic carbocycles. The van der Waals surface area contributed by atoms with Gasteiger partial charge >= 0.3 is 0 Å². The Kier molecular flexibility index (Phi) is 4.99. The number of benzene rings is 1. The first-order valence-electron chi connectivity index (χ1n) is 7.60. The highest BCUT2D eigenvalue weighted by atomic mass is 35.5. The van der Waals surface area contributed by atoms with Crippen molar-refractivity contribution in [3.05, 3.63) is 34.9 Å². The second kappa shape index (κ2) is 6.25. The summed E-state index contributed by atoms with van der Waals surface area (Å²) in [5.74, 6) is 0. The van der Waals surface area contributed by atoms with E-state index in [-0.39, 0.29) is 23.8 Å². The number of aliphatic hydroxyl groups is 1. The summed E-state index contributed by atoms with van der Waals surface area (Å²) in [5.41, 5.74) is 0.863. The molecule has 0 radical (unpaired) electrons. The van der Waals surface area contributed by atoms with E-state index in [9.17, 15) is 5.11 Å². The summed E-state index contributed by atoms with van der Waals surface area (Å²) in [6, 6.07) is 7.48. The van der Waals surface area contributed by atoms with Crippen LogP contribution in [0.5, 0.6) is 0 Å². The molecular formula is C17H26ClNO2. The number of halogens is 1. The van der Waals surface area contributed by atoms with E-state index in [0.29, 0.717) is 5.02 Å². The van der Waals surface area contributed by atoms with Crippen LogP contribution in [0, 0.1) is 0 Å². The predicted octanol–water partition coefficient (Wildman–Crippen LogP) is 4.35. The third kappa shape index (κ3) is 3.78. The van der Waals surface area contributed by atoms with Crippen LogP contribution in [0.4, 0.5) is 0 Å². The van der Waals surface area contributed by atoms with Gasteiger partial charge in [0.05, 0.1) is 6.61 Å². The van der Waals surface area contributed by atoms with Gasteiger partial charge in [-0.05, 0) is 64.7 Å². The Morgan fingerprint density at radius 3 is 2.14 bits per heavy atom. The van der Waals surface area contributed by atoms with Gasteiger partial charge < -0.3 is 5.11 Å². The Morgan fingerprint density at radius 1 is 1.14 bits per heavy atom.